The first-order valence-electron chi connectivity index (χ1n) is 5.26. The molecule has 0 atom stereocenters. The summed E-state index contributed by atoms with van der Waals surface area (Å²) in [5.74, 6) is -0.229. The average molecular weight is 244 g/mol. The van der Waals surface area contributed by atoms with Crippen LogP contribution >= 0.6 is 0 Å². The van der Waals surface area contributed by atoms with Gasteiger partial charge >= 0.3 is 5.97 Å². The molecular weight excluding hydrogens is 232 g/mol. The molecule has 6 nitrogen and oxygen atoms in total. The summed E-state index contributed by atoms with van der Waals surface area (Å²) in [6, 6.07) is 8.88. The van der Waals surface area contributed by atoms with Crippen LogP contribution < -0.4 is 16.2 Å². The maximum absolute atomic E-state index is 11.4. The molecule has 1 heterocycles. The molecule has 2 aromatic rings. The van der Waals surface area contributed by atoms with Gasteiger partial charge in [0.15, 0.2) is 5.96 Å². The quantitative estimate of drug-likeness (QED) is 0.352. The Kier molecular flexibility index (Phi) is 3.38. The van der Waals surface area contributed by atoms with Crippen molar-refractivity contribution in [3.05, 3.63) is 36.5 Å². The Bertz CT molecular complexity index is 606. The minimum Gasteiger partial charge on any atom is -0.425 e. The van der Waals surface area contributed by atoms with Crippen molar-refractivity contribution < 1.29 is 9.53 Å². The summed E-state index contributed by atoms with van der Waals surface area (Å²) in [4.78, 5) is 19.1. The van der Waals surface area contributed by atoms with Crippen molar-refractivity contribution in [3.8, 4) is 5.75 Å². The number of esters is 1. The van der Waals surface area contributed by atoms with E-state index in [1.54, 1.807) is 24.4 Å². The van der Waals surface area contributed by atoms with Crippen LogP contribution in [0.3, 0.4) is 0 Å². The van der Waals surface area contributed by atoms with Gasteiger partial charge in [0, 0.05) is 11.6 Å². The van der Waals surface area contributed by atoms with Crippen molar-refractivity contribution >= 4 is 22.8 Å². The third-order valence-corrected chi connectivity index (χ3v) is 2.20. The lowest BCUT2D eigenvalue weighted by molar-refractivity contribution is -0.132. The van der Waals surface area contributed by atoms with Crippen molar-refractivity contribution in [2.45, 2.75) is 0 Å². The van der Waals surface area contributed by atoms with E-state index in [0.717, 1.165) is 10.9 Å². The molecule has 0 fully saturated rings. The molecule has 0 saturated carbocycles. The highest BCUT2D eigenvalue weighted by Gasteiger charge is 2.04. The highest BCUT2D eigenvalue weighted by molar-refractivity contribution is 5.83. The van der Waals surface area contributed by atoms with E-state index in [4.69, 9.17) is 16.2 Å². The molecule has 92 valence electrons. The molecule has 0 bridgehead atoms. The number of carbonyl (C=O) groups is 1. The van der Waals surface area contributed by atoms with Crippen molar-refractivity contribution in [3.63, 3.8) is 0 Å². The van der Waals surface area contributed by atoms with Crippen molar-refractivity contribution in [1.82, 2.24) is 4.98 Å². The van der Waals surface area contributed by atoms with Gasteiger partial charge in [-0.1, -0.05) is 6.07 Å². The Morgan fingerprint density at radius 3 is 2.94 bits per heavy atom. The second-order valence-corrected chi connectivity index (χ2v) is 3.57. The van der Waals surface area contributed by atoms with Crippen LogP contribution in [0.15, 0.2) is 41.5 Å². The monoisotopic (exact) mass is 244 g/mol. The van der Waals surface area contributed by atoms with E-state index in [9.17, 15) is 4.79 Å². The normalized spacial score (nSPS) is 10.0. The van der Waals surface area contributed by atoms with Crippen LogP contribution in [0.5, 0.6) is 5.75 Å². The fourth-order valence-corrected chi connectivity index (χ4v) is 1.44. The van der Waals surface area contributed by atoms with Gasteiger partial charge < -0.3 is 16.2 Å². The van der Waals surface area contributed by atoms with E-state index in [1.165, 1.54) is 0 Å². The Morgan fingerprint density at radius 2 is 2.17 bits per heavy atom. The molecule has 0 aliphatic carbocycles. The number of guanidine groups is 1. The molecule has 0 amide bonds. The first kappa shape index (κ1) is 11.8. The van der Waals surface area contributed by atoms with Crippen LogP contribution in [0.1, 0.15) is 0 Å². The number of aromatic nitrogens is 1. The molecule has 0 aliphatic rings. The lowest BCUT2D eigenvalue weighted by Crippen LogP contribution is -2.25. The van der Waals surface area contributed by atoms with E-state index < -0.39 is 5.97 Å². The Labute approximate surface area is 103 Å². The summed E-state index contributed by atoms with van der Waals surface area (Å²) < 4.78 is 5.09. The van der Waals surface area contributed by atoms with E-state index in [-0.39, 0.29) is 12.5 Å². The first-order valence-corrected chi connectivity index (χ1v) is 5.26. The summed E-state index contributed by atoms with van der Waals surface area (Å²) in [6.45, 7) is -0.201. The number of ether oxygens (including phenoxy) is 1. The summed E-state index contributed by atoms with van der Waals surface area (Å²) in [5, 5.41) is 0.893. The van der Waals surface area contributed by atoms with Gasteiger partial charge in [-0.05, 0) is 24.3 Å². The number of nitrogens with two attached hydrogens (primary N) is 2. The predicted octanol–water partition coefficient (Wildman–Crippen LogP) is 0.414. The number of benzene rings is 1. The van der Waals surface area contributed by atoms with Crippen molar-refractivity contribution in [2.24, 2.45) is 16.5 Å². The number of fused-ring (bicyclic) bond motifs is 1. The summed E-state index contributed by atoms with van der Waals surface area (Å²) >= 11 is 0. The summed E-state index contributed by atoms with van der Waals surface area (Å²) in [7, 11) is 0. The number of aliphatic imine (C=N–C) groups is 1. The van der Waals surface area contributed by atoms with Gasteiger partial charge in [-0.3, -0.25) is 4.98 Å². The van der Waals surface area contributed by atoms with Gasteiger partial charge in [0.25, 0.3) is 0 Å². The number of hydrogen-bond donors (Lipinski definition) is 2. The minimum absolute atomic E-state index is 0.144. The third kappa shape index (κ3) is 2.94. The molecule has 4 N–H and O–H groups in total. The third-order valence-electron chi connectivity index (χ3n) is 2.20. The van der Waals surface area contributed by atoms with E-state index in [2.05, 4.69) is 9.98 Å². The maximum atomic E-state index is 11.4. The number of rotatable bonds is 3. The molecule has 18 heavy (non-hydrogen) atoms. The van der Waals surface area contributed by atoms with Crippen LogP contribution in [0.25, 0.3) is 10.9 Å². The molecule has 6 heteroatoms. The maximum Gasteiger partial charge on any atom is 0.333 e. The molecule has 1 aromatic carbocycles. The highest BCUT2D eigenvalue weighted by atomic mass is 16.5. The molecule has 0 aliphatic heterocycles. The zero-order chi connectivity index (χ0) is 13.0. The van der Waals surface area contributed by atoms with Gasteiger partial charge in [0.05, 0.1) is 5.52 Å². The van der Waals surface area contributed by atoms with E-state index in [0.29, 0.717) is 5.75 Å². The van der Waals surface area contributed by atoms with Crippen LogP contribution in [-0.4, -0.2) is 23.5 Å². The molecule has 0 spiro atoms. The fourth-order valence-electron chi connectivity index (χ4n) is 1.44. The molecule has 2 rings (SSSR count). The van der Waals surface area contributed by atoms with Gasteiger partial charge in [-0.15, -0.1) is 0 Å². The van der Waals surface area contributed by atoms with Crippen molar-refractivity contribution in [1.29, 1.82) is 0 Å². The van der Waals surface area contributed by atoms with Gasteiger partial charge in [-0.25, -0.2) is 9.79 Å². The SMILES string of the molecule is NC(N)=NCC(=O)Oc1ccc2ncccc2c1. The number of hydrogen-bond acceptors (Lipinski definition) is 4. The molecule has 0 unspecified atom stereocenters. The van der Waals surface area contributed by atoms with Crippen molar-refractivity contribution in [2.75, 3.05) is 6.54 Å². The minimum atomic E-state index is -0.522. The Morgan fingerprint density at radius 1 is 1.33 bits per heavy atom. The molecule has 0 radical (unpaired) electrons. The van der Waals surface area contributed by atoms with E-state index >= 15 is 0 Å². The van der Waals surface area contributed by atoms with Gasteiger partial charge in [-0.2, -0.15) is 0 Å². The second kappa shape index (κ2) is 5.13. The predicted molar refractivity (Wildman–Crippen MR) is 68.1 cm³/mol. The fraction of sp³-hybridized carbons (Fsp3) is 0.0833. The second-order valence-electron chi connectivity index (χ2n) is 3.57. The summed E-state index contributed by atoms with van der Waals surface area (Å²) in [6.07, 6.45) is 1.70. The number of pyridine rings is 1. The van der Waals surface area contributed by atoms with Crippen LogP contribution in [0.2, 0.25) is 0 Å². The smallest absolute Gasteiger partial charge is 0.333 e. The summed E-state index contributed by atoms with van der Waals surface area (Å²) in [5.41, 5.74) is 11.1. The van der Waals surface area contributed by atoms with Crippen LogP contribution in [0.4, 0.5) is 0 Å². The Balaban J connectivity index is 2.12. The lowest BCUT2D eigenvalue weighted by atomic mass is 10.2. The number of nitrogens with zero attached hydrogens (tertiary/aromatic N) is 2. The highest BCUT2D eigenvalue weighted by Crippen LogP contribution is 2.18. The molecule has 1 aromatic heterocycles. The van der Waals surface area contributed by atoms with Crippen LogP contribution in [0, 0.1) is 0 Å². The van der Waals surface area contributed by atoms with Gasteiger partial charge in [0.2, 0.25) is 0 Å². The standard InChI is InChI=1S/C12H12N4O2/c13-12(14)16-7-11(17)18-9-3-4-10-8(6-9)2-1-5-15-10/h1-6H,7H2,(H4,13,14,16). The Hall–Kier alpha value is -2.63. The number of carbonyl (C=O) groups excluding carboxylic acids is 1. The van der Waals surface area contributed by atoms with Gasteiger partial charge in [0.1, 0.15) is 12.3 Å². The lowest BCUT2D eigenvalue weighted by Gasteiger charge is -2.03. The average Bonchev–Trinajstić information content (AvgIpc) is 2.36. The zero-order valence-electron chi connectivity index (χ0n) is 9.54. The van der Waals surface area contributed by atoms with E-state index in [1.807, 2.05) is 12.1 Å². The molecule has 0 saturated heterocycles. The molecular formula is C12H12N4O2. The zero-order valence-corrected chi connectivity index (χ0v) is 9.54. The largest absolute Gasteiger partial charge is 0.425 e. The van der Waals surface area contributed by atoms with Crippen LogP contribution in [-0.2, 0) is 4.79 Å². The topological polar surface area (TPSA) is 104 Å². The first-order chi connectivity index (χ1) is 8.65.